The van der Waals surface area contributed by atoms with Gasteiger partial charge in [-0.05, 0) is 30.2 Å². The summed E-state index contributed by atoms with van der Waals surface area (Å²) < 4.78 is 5.18. The number of anilines is 1. The minimum absolute atomic E-state index is 0.0740. The van der Waals surface area contributed by atoms with Crippen LogP contribution in [0.5, 0.6) is 0 Å². The van der Waals surface area contributed by atoms with Gasteiger partial charge in [0.25, 0.3) is 5.69 Å². The molecule has 0 saturated heterocycles. The molecule has 0 spiro atoms. The zero-order valence-corrected chi connectivity index (χ0v) is 22.8. The Bertz CT molecular complexity index is 1080. The quantitative estimate of drug-likeness (QED) is 0.146. The third-order valence-electron chi connectivity index (χ3n) is 5.62. The molecule has 0 bridgehead atoms. The molecule has 0 unspecified atom stereocenters. The number of nitrogens with zero attached hydrogens (tertiary/aromatic N) is 2. The number of benzene rings is 2. The second-order valence-corrected chi connectivity index (χ2v) is 9.19. The van der Waals surface area contributed by atoms with Crippen molar-refractivity contribution in [1.82, 2.24) is 10.6 Å². The molecule has 0 aliphatic heterocycles. The summed E-state index contributed by atoms with van der Waals surface area (Å²) >= 11 is 11.8. The summed E-state index contributed by atoms with van der Waals surface area (Å²) in [7, 11) is 0. The number of carbonyl (C=O) groups excluding carboxylic acids is 3. The number of ether oxygens (including phenoxy) is 1. The summed E-state index contributed by atoms with van der Waals surface area (Å²) in [5.74, 6) is -0.722. The van der Waals surface area contributed by atoms with E-state index in [4.69, 9.17) is 27.9 Å². The highest BCUT2D eigenvalue weighted by atomic mass is 35.5. The number of nitrogens with one attached hydrogen (secondary N) is 2. The largest absolute Gasteiger partial charge is 0.464 e. The number of non-ortho nitro benzene ring substituents is 1. The van der Waals surface area contributed by atoms with Gasteiger partial charge in [-0.2, -0.15) is 0 Å². The Morgan fingerprint density at radius 3 is 1.92 bits per heavy atom. The van der Waals surface area contributed by atoms with E-state index in [1.54, 1.807) is 6.92 Å². The zero-order chi connectivity index (χ0) is 28.1. The number of nitro benzene ring substituents is 1. The molecule has 206 valence electrons. The van der Waals surface area contributed by atoms with Gasteiger partial charge in [-0.25, -0.2) is 4.79 Å². The van der Waals surface area contributed by atoms with Crippen molar-refractivity contribution in [2.24, 2.45) is 0 Å². The second kappa shape index (κ2) is 15.8. The van der Waals surface area contributed by atoms with Crippen LogP contribution in [0.25, 0.3) is 0 Å². The summed E-state index contributed by atoms with van der Waals surface area (Å²) in [6.07, 6.45) is 0.241. The van der Waals surface area contributed by atoms with Gasteiger partial charge in [-0.3, -0.25) is 19.7 Å². The Morgan fingerprint density at radius 2 is 1.45 bits per heavy atom. The lowest BCUT2D eigenvalue weighted by Crippen LogP contribution is -2.53. The maximum absolute atomic E-state index is 13.2. The number of halogens is 2. The molecule has 2 N–H and O–H groups in total. The zero-order valence-electron chi connectivity index (χ0n) is 21.3. The van der Waals surface area contributed by atoms with E-state index in [-0.39, 0.29) is 25.1 Å². The van der Waals surface area contributed by atoms with Crippen LogP contribution >= 0.6 is 23.2 Å². The third-order valence-corrected chi connectivity index (χ3v) is 5.96. The number of rotatable bonds is 15. The molecule has 38 heavy (non-hydrogen) atoms. The Balaban J connectivity index is 2.19. The van der Waals surface area contributed by atoms with Gasteiger partial charge in [-0.1, -0.05) is 24.3 Å². The van der Waals surface area contributed by atoms with Crippen LogP contribution in [0.4, 0.5) is 11.4 Å². The van der Waals surface area contributed by atoms with E-state index >= 15 is 0 Å². The molecule has 0 heterocycles. The van der Waals surface area contributed by atoms with Gasteiger partial charge in [-0.15, -0.1) is 23.2 Å². The molecule has 10 nitrogen and oxygen atoms in total. The summed E-state index contributed by atoms with van der Waals surface area (Å²) in [6.45, 7) is 4.34. The van der Waals surface area contributed by atoms with Crippen molar-refractivity contribution in [3.8, 4) is 0 Å². The highest BCUT2D eigenvalue weighted by Crippen LogP contribution is 2.18. The van der Waals surface area contributed by atoms with E-state index in [2.05, 4.69) is 10.6 Å². The first kappa shape index (κ1) is 30.9. The fourth-order valence-corrected chi connectivity index (χ4v) is 4.21. The number of hydrogen-bond donors (Lipinski definition) is 2. The average Bonchev–Trinajstić information content (AvgIpc) is 2.88. The van der Waals surface area contributed by atoms with Gasteiger partial charge in [0, 0.05) is 62.4 Å². The van der Waals surface area contributed by atoms with Crippen molar-refractivity contribution in [1.29, 1.82) is 0 Å². The van der Waals surface area contributed by atoms with Gasteiger partial charge < -0.3 is 20.3 Å². The highest BCUT2D eigenvalue weighted by molar-refractivity contribution is 6.18. The van der Waals surface area contributed by atoms with Crippen LogP contribution in [0.15, 0.2) is 48.5 Å². The lowest BCUT2D eigenvalue weighted by atomic mass is 10.0. The molecule has 0 aromatic heterocycles. The van der Waals surface area contributed by atoms with Crippen LogP contribution in [-0.2, 0) is 32.0 Å². The smallest absolute Gasteiger partial charge is 0.328 e. The molecule has 2 aromatic carbocycles. The molecule has 0 radical (unpaired) electrons. The van der Waals surface area contributed by atoms with Crippen LogP contribution in [0.2, 0.25) is 0 Å². The molecule has 2 atom stereocenters. The van der Waals surface area contributed by atoms with E-state index in [0.29, 0.717) is 30.4 Å². The minimum atomic E-state index is -1.01. The van der Waals surface area contributed by atoms with Crippen molar-refractivity contribution < 1.29 is 24.0 Å². The van der Waals surface area contributed by atoms with Gasteiger partial charge >= 0.3 is 5.97 Å². The van der Waals surface area contributed by atoms with E-state index in [1.165, 1.54) is 31.2 Å². The van der Waals surface area contributed by atoms with Crippen LogP contribution in [0.1, 0.15) is 25.0 Å². The van der Waals surface area contributed by atoms with Crippen molar-refractivity contribution in [2.75, 3.05) is 36.4 Å². The van der Waals surface area contributed by atoms with E-state index in [0.717, 1.165) is 11.3 Å². The molecule has 2 amide bonds. The monoisotopic (exact) mass is 566 g/mol. The molecule has 0 fully saturated rings. The summed E-state index contributed by atoms with van der Waals surface area (Å²) in [5, 5.41) is 16.2. The van der Waals surface area contributed by atoms with Gasteiger partial charge in [0.2, 0.25) is 11.8 Å². The van der Waals surface area contributed by atoms with E-state index in [1.807, 2.05) is 29.2 Å². The SMILES string of the molecule is CCOC(=O)[C@H](Cc1ccc(N(CCCl)CCCl)cc1)NC(=O)[C@H](Cc1ccc([N+](=O)[O-])cc1)NC(C)=O. The molecule has 0 aliphatic carbocycles. The first-order valence-corrected chi connectivity index (χ1v) is 13.2. The molecule has 0 aliphatic rings. The van der Waals surface area contributed by atoms with E-state index in [9.17, 15) is 24.5 Å². The molecule has 12 heteroatoms. The molecule has 2 aromatic rings. The molecular weight excluding hydrogens is 535 g/mol. The Labute approximate surface area is 231 Å². The highest BCUT2D eigenvalue weighted by Gasteiger charge is 2.28. The normalized spacial score (nSPS) is 12.2. The van der Waals surface area contributed by atoms with Crippen molar-refractivity contribution in [2.45, 2.75) is 38.8 Å². The standard InChI is InChI=1S/C26H32Cl2N4O6/c1-3-38-26(35)24(17-20-4-8-21(9-5-20)31(14-12-27)15-13-28)30-25(34)23(29-18(2)33)16-19-6-10-22(11-7-19)32(36)37/h4-11,23-24H,3,12-17H2,1-2H3,(H,29,33)(H,30,34)/t23-,24-/m0/s1. The van der Waals surface area contributed by atoms with Crippen molar-refractivity contribution >= 4 is 52.4 Å². The van der Waals surface area contributed by atoms with Crippen LogP contribution < -0.4 is 15.5 Å². The Hall–Kier alpha value is -3.37. The Morgan fingerprint density at radius 1 is 0.921 bits per heavy atom. The van der Waals surface area contributed by atoms with Gasteiger partial charge in [0.15, 0.2) is 0 Å². The van der Waals surface area contributed by atoms with Gasteiger partial charge in [0.05, 0.1) is 11.5 Å². The van der Waals surface area contributed by atoms with Crippen LogP contribution in [0.3, 0.4) is 0 Å². The number of esters is 1. The van der Waals surface area contributed by atoms with Gasteiger partial charge in [0.1, 0.15) is 12.1 Å². The first-order chi connectivity index (χ1) is 18.2. The fraction of sp³-hybridized carbons (Fsp3) is 0.423. The van der Waals surface area contributed by atoms with Crippen LogP contribution in [-0.4, -0.2) is 66.2 Å². The average molecular weight is 567 g/mol. The number of amides is 2. The number of nitro groups is 1. The van der Waals surface area contributed by atoms with Crippen molar-refractivity contribution in [3.63, 3.8) is 0 Å². The Kier molecular flexibility index (Phi) is 12.8. The second-order valence-electron chi connectivity index (χ2n) is 8.43. The van der Waals surface area contributed by atoms with E-state index < -0.39 is 34.8 Å². The maximum atomic E-state index is 13.2. The summed E-state index contributed by atoms with van der Waals surface area (Å²) in [6, 6.07) is 11.2. The number of alkyl halides is 2. The number of hydrogen-bond acceptors (Lipinski definition) is 7. The lowest BCUT2D eigenvalue weighted by molar-refractivity contribution is -0.384. The predicted octanol–water partition coefficient (Wildman–Crippen LogP) is 3.22. The predicted molar refractivity (Wildman–Crippen MR) is 147 cm³/mol. The summed E-state index contributed by atoms with van der Waals surface area (Å²) in [4.78, 5) is 50.1. The summed E-state index contributed by atoms with van der Waals surface area (Å²) in [5.41, 5.74) is 2.23. The third kappa shape index (κ3) is 9.83. The van der Waals surface area contributed by atoms with Crippen molar-refractivity contribution in [3.05, 3.63) is 69.8 Å². The molecular formula is C26H32Cl2N4O6. The minimum Gasteiger partial charge on any atom is -0.464 e. The molecule has 2 rings (SSSR count). The molecule has 0 saturated carbocycles. The lowest BCUT2D eigenvalue weighted by Gasteiger charge is -2.24. The van der Waals surface area contributed by atoms with Crippen LogP contribution in [0, 0.1) is 10.1 Å². The maximum Gasteiger partial charge on any atom is 0.328 e. The topological polar surface area (TPSA) is 131 Å². The fourth-order valence-electron chi connectivity index (χ4n) is 3.81. The first-order valence-electron chi connectivity index (χ1n) is 12.1. The number of carbonyl (C=O) groups is 3.